The van der Waals surface area contributed by atoms with Crippen LogP contribution >= 0.6 is 34.4 Å². The third-order valence-electron chi connectivity index (χ3n) is 6.82. The first kappa shape index (κ1) is 17.4. The fraction of sp³-hybridized carbons (Fsp3) is 1.00. The number of alkyl halides is 1. The minimum atomic E-state index is 0.555. The first-order valence-electron chi connectivity index (χ1n) is 8.56. The lowest BCUT2D eigenvalue weighted by molar-refractivity contribution is -0.0119. The van der Waals surface area contributed by atoms with Gasteiger partial charge in [-0.25, -0.2) is 0 Å². The molecule has 1 heterocycles. The summed E-state index contributed by atoms with van der Waals surface area (Å²) in [4.78, 5) is 0. The zero-order valence-corrected chi connectivity index (χ0v) is 17.0. The Labute approximate surface area is 144 Å². The van der Waals surface area contributed by atoms with Gasteiger partial charge in [-0.05, 0) is 67.4 Å². The van der Waals surface area contributed by atoms with Crippen LogP contribution in [-0.2, 0) is 0 Å². The Kier molecular flexibility index (Phi) is 5.82. The standard InChI is InChI=1S/C18H33IS/c1-13(2)18(15(4)12-19)10-14(3)17(5)16(11-18)8-6-7-9-20-17/h13-16H,6-12H2,1-5H3/t14-,15-,16?,17?,18+/m1/s1. The Morgan fingerprint density at radius 2 is 1.90 bits per heavy atom. The molecule has 2 heteroatoms. The molecule has 2 unspecified atom stereocenters. The van der Waals surface area contributed by atoms with E-state index in [1.54, 1.807) is 0 Å². The molecule has 0 amide bonds. The first-order chi connectivity index (χ1) is 9.36. The van der Waals surface area contributed by atoms with Crippen molar-refractivity contribution in [1.29, 1.82) is 0 Å². The first-order valence-corrected chi connectivity index (χ1v) is 11.1. The summed E-state index contributed by atoms with van der Waals surface area (Å²) < 4.78 is 1.87. The van der Waals surface area contributed by atoms with E-state index in [9.17, 15) is 0 Å². The highest BCUT2D eigenvalue weighted by atomic mass is 127. The molecule has 1 saturated carbocycles. The third kappa shape index (κ3) is 2.94. The van der Waals surface area contributed by atoms with Crippen LogP contribution in [0.15, 0.2) is 0 Å². The Hall–Kier alpha value is 1.08. The highest BCUT2D eigenvalue weighted by molar-refractivity contribution is 14.1. The molecule has 2 aliphatic rings. The Morgan fingerprint density at radius 1 is 1.20 bits per heavy atom. The van der Waals surface area contributed by atoms with Gasteiger partial charge in [0.25, 0.3) is 0 Å². The maximum absolute atomic E-state index is 2.62. The lowest BCUT2D eigenvalue weighted by atomic mass is 9.53. The SMILES string of the molecule is CC(C)[C@@]1([C@H](C)CI)CC2CCCCSC2(C)[C@H](C)C1. The van der Waals surface area contributed by atoms with Crippen LogP contribution in [0, 0.1) is 29.1 Å². The predicted molar refractivity (Wildman–Crippen MR) is 102 cm³/mol. The van der Waals surface area contributed by atoms with Gasteiger partial charge in [0.05, 0.1) is 0 Å². The van der Waals surface area contributed by atoms with Crippen LogP contribution in [0.1, 0.15) is 66.7 Å². The summed E-state index contributed by atoms with van der Waals surface area (Å²) in [6.07, 6.45) is 7.33. The molecule has 0 aromatic rings. The van der Waals surface area contributed by atoms with E-state index in [-0.39, 0.29) is 0 Å². The largest absolute Gasteiger partial charge is 0.155 e. The van der Waals surface area contributed by atoms with Crippen molar-refractivity contribution in [2.24, 2.45) is 29.1 Å². The van der Waals surface area contributed by atoms with Gasteiger partial charge in [0, 0.05) is 9.17 Å². The number of halogens is 1. The summed E-state index contributed by atoms with van der Waals surface area (Å²) in [5.41, 5.74) is 0.593. The van der Waals surface area contributed by atoms with Crippen molar-refractivity contribution < 1.29 is 0 Å². The lowest BCUT2D eigenvalue weighted by Gasteiger charge is -2.57. The molecular formula is C18H33IS. The van der Waals surface area contributed by atoms with Crippen LogP contribution in [0.2, 0.25) is 0 Å². The zero-order chi connectivity index (χ0) is 15.0. The molecule has 20 heavy (non-hydrogen) atoms. The monoisotopic (exact) mass is 408 g/mol. The Balaban J connectivity index is 2.32. The molecule has 0 nitrogen and oxygen atoms in total. The molecule has 2 fully saturated rings. The number of hydrogen-bond acceptors (Lipinski definition) is 1. The molecule has 0 aromatic carbocycles. The van der Waals surface area contributed by atoms with Gasteiger partial charge in [0.2, 0.25) is 0 Å². The van der Waals surface area contributed by atoms with Gasteiger partial charge >= 0.3 is 0 Å². The molecule has 0 aromatic heterocycles. The second kappa shape index (κ2) is 6.68. The maximum atomic E-state index is 2.62. The maximum Gasteiger partial charge on any atom is 0.0186 e. The summed E-state index contributed by atoms with van der Waals surface area (Å²) in [7, 11) is 0. The summed E-state index contributed by atoms with van der Waals surface area (Å²) in [5.74, 6) is 4.91. The van der Waals surface area contributed by atoms with E-state index in [0.717, 1.165) is 23.7 Å². The highest BCUT2D eigenvalue weighted by Crippen LogP contribution is 2.60. The van der Waals surface area contributed by atoms with Crippen LogP contribution in [0.3, 0.4) is 0 Å². The second-order valence-electron chi connectivity index (χ2n) is 7.98. The molecule has 1 aliphatic carbocycles. The zero-order valence-electron chi connectivity index (χ0n) is 14.0. The van der Waals surface area contributed by atoms with Crippen LogP contribution < -0.4 is 0 Å². The van der Waals surface area contributed by atoms with Crippen LogP contribution in [0.25, 0.3) is 0 Å². The minimum absolute atomic E-state index is 0.555. The van der Waals surface area contributed by atoms with E-state index in [1.807, 2.05) is 0 Å². The third-order valence-corrected chi connectivity index (χ3v) is 10.00. The van der Waals surface area contributed by atoms with Gasteiger partial charge in [-0.15, -0.1) is 0 Å². The van der Waals surface area contributed by atoms with Crippen LogP contribution in [0.5, 0.6) is 0 Å². The van der Waals surface area contributed by atoms with Crippen molar-refractivity contribution in [2.75, 3.05) is 10.2 Å². The van der Waals surface area contributed by atoms with Crippen molar-refractivity contribution in [3.8, 4) is 0 Å². The van der Waals surface area contributed by atoms with Gasteiger partial charge < -0.3 is 0 Å². The molecule has 5 atom stereocenters. The van der Waals surface area contributed by atoms with Crippen molar-refractivity contribution >= 4 is 34.4 Å². The topological polar surface area (TPSA) is 0 Å². The van der Waals surface area contributed by atoms with Crippen molar-refractivity contribution in [2.45, 2.75) is 71.5 Å². The molecular weight excluding hydrogens is 375 g/mol. The summed E-state index contributed by atoms with van der Waals surface area (Å²) in [6, 6.07) is 0. The number of thioether (sulfide) groups is 1. The number of fused-ring (bicyclic) bond motifs is 1. The molecule has 118 valence electrons. The fourth-order valence-corrected chi connectivity index (χ4v) is 7.42. The molecule has 0 bridgehead atoms. The molecule has 1 saturated heterocycles. The van der Waals surface area contributed by atoms with Gasteiger partial charge in [-0.3, -0.25) is 0 Å². The van der Waals surface area contributed by atoms with Crippen molar-refractivity contribution in [3.63, 3.8) is 0 Å². The lowest BCUT2D eigenvalue weighted by Crippen LogP contribution is -2.52. The van der Waals surface area contributed by atoms with E-state index in [1.165, 1.54) is 42.3 Å². The average Bonchev–Trinajstić information content (AvgIpc) is 2.60. The van der Waals surface area contributed by atoms with E-state index >= 15 is 0 Å². The molecule has 0 N–H and O–H groups in total. The normalized spacial score (nSPS) is 44.0. The molecule has 0 spiro atoms. The summed E-state index contributed by atoms with van der Waals surface area (Å²) in [5, 5.41) is 0. The van der Waals surface area contributed by atoms with E-state index in [4.69, 9.17) is 0 Å². The van der Waals surface area contributed by atoms with Crippen LogP contribution in [0.4, 0.5) is 0 Å². The van der Waals surface area contributed by atoms with Crippen molar-refractivity contribution in [3.05, 3.63) is 0 Å². The smallest absolute Gasteiger partial charge is 0.0186 e. The predicted octanol–water partition coefficient (Wildman–Crippen LogP) is 6.42. The molecule has 1 aliphatic heterocycles. The van der Waals surface area contributed by atoms with E-state index < -0.39 is 0 Å². The van der Waals surface area contributed by atoms with Gasteiger partial charge in [0.15, 0.2) is 0 Å². The molecule has 2 rings (SSSR count). The van der Waals surface area contributed by atoms with Gasteiger partial charge in [0.1, 0.15) is 0 Å². The van der Waals surface area contributed by atoms with Crippen molar-refractivity contribution in [1.82, 2.24) is 0 Å². The second-order valence-corrected chi connectivity index (χ2v) is 10.4. The minimum Gasteiger partial charge on any atom is -0.155 e. The average molecular weight is 408 g/mol. The quantitative estimate of drug-likeness (QED) is 0.383. The molecule has 0 radical (unpaired) electrons. The Morgan fingerprint density at radius 3 is 2.50 bits per heavy atom. The van der Waals surface area contributed by atoms with E-state index in [0.29, 0.717) is 10.2 Å². The fourth-order valence-electron chi connectivity index (χ4n) is 4.95. The van der Waals surface area contributed by atoms with Gasteiger partial charge in [-0.1, -0.05) is 56.7 Å². The number of rotatable bonds is 3. The van der Waals surface area contributed by atoms with Crippen LogP contribution in [-0.4, -0.2) is 14.9 Å². The number of hydrogen-bond donors (Lipinski definition) is 0. The summed E-state index contributed by atoms with van der Waals surface area (Å²) in [6.45, 7) is 12.6. The van der Waals surface area contributed by atoms with Gasteiger partial charge in [-0.2, -0.15) is 11.8 Å². The summed E-state index contributed by atoms with van der Waals surface area (Å²) >= 11 is 4.93. The van der Waals surface area contributed by atoms with E-state index in [2.05, 4.69) is 69.0 Å². The Bertz CT molecular complexity index is 329. The highest BCUT2D eigenvalue weighted by Gasteiger charge is 2.53.